The molecule has 0 aliphatic rings. The SMILES string of the molecule is CCOC(=O)Cc1csc2nc(-c3ccsc3)cn12. The number of rotatable bonds is 4. The quantitative estimate of drug-likeness (QED) is 0.693. The molecular formula is C13H12N2O2S2. The van der Waals surface area contributed by atoms with Gasteiger partial charge in [0.2, 0.25) is 0 Å². The molecule has 0 radical (unpaired) electrons. The van der Waals surface area contributed by atoms with Crippen molar-refractivity contribution < 1.29 is 9.53 Å². The van der Waals surface area contributed by atoms with Gasteiger partial charge in [-0.25, -0.2) is 4.98 Å². The van der Waals surface area contributed by atoms with E-state index in [1.807, 2.05) is 34.3 Å². The molecule has 3 rings (SSSR count). The maximum atomic E-state index is 11.5. The highest BCUT2D eigenvalue weighted by molar-refractivity contribution is 7.15. The predicted molar refractivity (Wildman–Crippen MR) is 76.7 cm³/mol. The van der Waals surface area contributed by atoms with Crippen LogP contribution in [0.4, 0.5) is 0 Å². The van der Waals surface area contributed by atoms with Gasteiger partial charge in [0.05, 0.1) is 18.7 Å². The summed E-state index contributed by atoms with van der Waals surface area (Å²) in [6.45, 7) is 2.23. The molecule has 0 fully saturated rings. The summed E-state index contributed by atoms with van der Waals surface area (Å²) in [7, 11) is 0. The van der Waals surface area contributed by atoms with Crippen molar-refractivity contribution in [2.75, 3.05) is 6.61 Å². The third-order valence-electron chi connectivity index (χ3n) is 2.73. The van der Waals surface area contributed by atoms with E-state index in [9.17, 15) is 4.79 Å². The van der Waals surface area contributed by atoms with Crippen molar-refractivity contribution >= 4 is 33.6 Å². The van der Waals surface area contributed by atoms with Gasteiger partial charge in [0.15, 0.2) is 4.96 Å². The summed E-state index contributed by atoms with van der Waals surface area (Å²) in [5.74, 6) is -0.201. The first-order valence-corrected chi connectivity index (χ1v) is 7.74. The van der Waals surface area contributed by atoms with Crippen molar-refractivity contribution in [2.45, 2.75) is 13.3 Å². The maximum Gasteiger partial charge on any atom is 0.311 e. The van der Waals surface area contributed by atoms with E-state index in [4.69, 9.17) is 4.74 Å². The van der Waals surface area contributed by atoms with Crippen molar-refractivity contribution in [3.8, 4) is 11.3 Å². The van der Waals surface area contributed by atoms with Crippen molar-refractivity contribution in [3.05, 3.63) is 34.1 Å². The van der Waals surface area contributed by atoms with E-state index in [0.717, 1.165) is 21.9 Å². The molecule has 3 aromatic heterocycles. The molecule has 0 amide bonds. The van der Waals surface area contributed by atoms with Gasteiger partial charge in [-0.1, -0.05) is 0 Å². The second-order valence-electron chi connectivity index (χ2n) is 4.00. The molecule has 0 aliphatic heterocycles. The van der Waals surface area contributed by atoms with Gasteiger partial charge < -0.3 is 4.74 Å². The fourth-order valence-electron chi connectivity index (χ4n) is 1.87. The van der Waals surface area contributed by atoms with Crippen LogP contribution in [0.3, 0.4) is 0 Å². The molecule has 0 aliphatic carbocycles. The minimum absolute atomic E-state index is 0.201. The lowest BCUT2D eigenvalue weighted by Crippen LogP contribution is -2.08. The van der Waals surface area contributed by atoms with Crippen LogP contribution in [0.5, 0.6) is 0 Å². The standard InChI is InChI=1S/C13H12N2O2S2/c1-2-17-12(16)5-10-8-19-13-14-11(6-15(10)13)9-3-4-18-7-9/h3-4,6-8H,2,5H2,1H3. The first-order valence-electron chi connectivity index (χ1n) is 5.91. The first kappa shape index (κ1) is 12.4. The minimum atomic E-state index is -0.201. The zero-order valence-electron chi connectivity index (χ0n) is 10.3. The van der Waals surface area contributed by atoms with Gasteiger partial charge in [-0.3, -0.25) is 9.20 Å². The van der Waals surface area contributed by atoms with Crippen LogP contribution < -0.4 is 0 Å². The number of nitrogens with zero attached hydrogens (tertiary/aromatic N) is 2. The molecule has 98 valence electrons. The minimum Gasteiger partial charge on any atom is -0.466 e. The normalized spacial score (nSPS) is 11.0. The highest BCUT2D eigenvalue weighted by atomic mass is 32.1. The Balaban J connectivity index is 1.92. The number of hydrogen-bond donors (Lipinski definition) is 0. The number of hydrogen-bond acceptors (Lipinski definition) is 5. The Morgan fingerprint density at radius 2 is 2.37 bits per heavy atom. The Hall–Kier alpha value is -1.66. The van der Waals surface area contributed by atoms with Crippen LogP contribution in [0.1, 0.15) is 12.6 Å². The first-order chi connectivity index (χ1) is 9.28. The number of imidazole rings is 1. The third kappa shape index (κ3) is 2.41. The van der Waals surface area contributed by atoms with E-state index in [1.165, 1.54) is 11.3 Å². The Morgan fingerprint density at radius 3 is 3.11 bits per heavy atom. The average Bonchev–Trinajstić information content (AvgIpc) is 3.05. The van der Waals surface area contributed by atoms with Crippen LogP contribution in [0.2, 0.25) is 0 Å². The van der Waals surface area contributed by atoms with Crippen LogP contribution >= 0.6 is 22.7 Å². The van der Waals surface area contributed by atoms with Gasteiger partial charge in [-0.15, -0.1) is 11.3 Å². The van der Waals surface area contributed by atoms with Gasteiger partial charge in [-0.05, 0) is 18.4 Å². The monoisotopic (exact) mass is 292 g/mol. The Morgan fingerprint density at radius 1 is 1.47 bits per heavy atom. The number of carbonyl (C=O) groups is 1. The Labute approximate surface area is 118 Å². The van der Waals surface area contributed by atoms with E-state index < -0.39 is 0 Å². The number of ether oxygens (including phenoxy) is 1. The third-order valence-corrected chi connectivity index (χ3v) is 4.30. The molecule has 0 atom stereocenters. The molecule has 3 aromatic rings. The van der Waals surface area contributed by atoms with Crippen molar-refractivity contribution in [1.29, 1.82) is 0 Å². The zero-order chi connectivity index (χ0) is 13.2. The summed E-state index contributed by atoms with van der Waals surface area (Å²) in [6, 6.07) is 2.04. The zero-order valence-corrected chi connectivity index (χ0v) is 12.0. The molecule has 0 aromatic carbocycles. The lowest BCUT2D eigenvalue weighted by molar-refractivity contribution is -0.142. The Kier molecular flexibility index (Phi) is 3.35. The number of fused-ring (bicyclic) bond motifs is 1. The summed E-state index contributed by atoms with van der Waals surface area (Å²) in [5.41, 5.74) is 2.98. The number of thiophene rings is 1. The molecule has 6 heteroatoms. The van der Waals surface area contributed by atoms with Crippen LogP contribution in [0, 0.1) is 0 Å². The number of carbonyl (C=O) groups excluding carboxylic acids is 1. The summed E-state index contributed by atoms with van der Waals surface area (Å²) in [6.07, 6.45) is 2.26. The lowest BCUT2D eigenvalue weighted by atomic mass is 10.3. The van der Waals surface area contributed by atoms with Gasteiger partial charge in [0.25, 0.3) is 0 Å². The van der Waals surface area contributed by atoms with E-state index in [0.29, 0.717) is 6.61 Å². The van der Waals surface area contributed by atoms with Gasteiger partial charge >= 0.3 is 5.97 Å². The maximum absolute atomic E-state index is 11.5. The molecule has 4 nitrogen and oxygen atoms in total. The number of thiazole rings is 1. The smallest absolute Gasteiger partial charge is 0.311 e. The summed E-state index contributed by atoms with van der Waals surface area (Å²) in [5, 5.41) is 6.05. The fourth-order valence-corrected chi connectivity index (χ4v) is 3.39. The van der Waals surface area contributed by atoms with E-state index >= 15 is 0 Å². The number of aromatic nitrogens is 2. The van der Waals surface area contributed by atoms with Crippen LogP contribution in [0.15, 0.2) is 28.4 Å². The highest BCUT2D eigenvalue weighted by Gasteiger charge is 2.13. The Bertz CT molecular complexity index is 697. The second kappa shape index (κ2) is 5.14. The molecular weight excluding hydrogens is 280 g/mol. The predicted octanol–water partition coefficient (Wildman–Crippen LogP) is 3.23. The topological polar surface area (TPSA) is 43.6 Å². The van der Waals surface area contributed by atoms with Crippen LogP contribution in [-0.4, -0.2) is 22.0 Å². The van der Waals surface area contributed by atoms with Gasteiger partial charge in [0.1, 0.15) is 0 Å². The van der Waals surface area contributed by atoms with Gasteiger partial charge in [0, 0.05) is 28.2 Å². The molecule has 0 saturated heterocycles. The van der Waals surface area contributed by atoms with Crippen molar-refractivity contribution in [3.63, 3.8) is 0 Å². The second-order valence-corrected chi connectivity index (χ2v) is 5.62. The fraction of sp³-hybridized carbons (Fsp3) is 0.231. The molecule has 0 saturated carbocycles. The largest absolute Gasteiger partial charge is 0.466 e. The molecule has 19 heavy (non-hydrogen) atoms. The van der Waals surface area contributed by atoms with E-state index in [-0.39, 0.29) is 12.4 Å². The molecule has 3 heterocycles. The summed E-state index contributed by atoms with van der Waals surface area (Å²) in [4.78, 5) is 17.0. The average molecular weight is 292 g/mol. The van der Waals surface area contributed by atoms with E-state index in [1.54, 1.807) is 11.3 Å². The molecule has 0 unspecified atom stereocenters. The number of esters is 1. The highest BCUT2D eigenvalue weighted by Crippen LogP contribution is 2.25. The molecule has 0 bridgehead atoms. The molecule has 0 spiro atoms. The van der Waals surface area contributed by atoms with Crippen LogP contribution in [0.25, 0.3) is 16.2 Å². The van der Waals surface area contributed by atoms with E-state index in [2.05, 4.69) is 10.4 Å². The van der Waals surface area contributed by atoms with Gasteiger partial charge in [-0.2, -0.15) is 11.3 Å². The van der Waals surface area contributed by atoms with Crippen molar-refractivity contribution in [2.24, 2.45) is 0 Å². The summed E-state index contributed by atoms with van der Waals surface area (Å²) >= 11 is 3.19. The van der Waals surface area contributed by atoms with Crippen molar-refractivity contribution in [1.82, 2.24) is 9.38 Å². The molecule has 0 N–H and O–H groups in total. The van der Waals surface area contributed by atoms with Crippen LogP contribution in [-0.2, 0) is 16.0 Å². The lowest BCUT2D eigenvalue weighted by Gasteiger charge is -2.00. The summed E-state index contributed by atoms with van der Waals surface area (Å²) < 4.78 is 6.94.